The molecule has 0 fully saturated rings. The van der Waals surface area contributed by atoms with Crippen LogP contribution < -0.4 is 10.2 Å². The summed E-state index contributed by atoms with van der Waals surface area (Å²) >= 11 is 0. The lowest BCUT2D eigenvalue weighted by Crippen LogP contribution is -2.58. The summed E-state index contributed by atoms with van der Waals surface area (Å²) in [6.45, 7) is 1.90. The number of amides is 2. The van der Waals surface area contributed by atoms with Gasteiger partial charge < -0.3 is 15.3 Å². The average Bonchev–Trinajstić information content (AvgIpc) is 3.33. The summed E-state index contributed by atoms with van der Waals surface area (Å²) in [6.07, 6.45) is 1.27. The fraction of sp³-hybridized carbons (Fsp3) is 0.143. The lowest BCUT2D eigenvalue weighted by molar-refractivity contribution is 0.0428. The third kappa shape index (κ3) is 4.55. The second-order valence-corrected chi connectivity index (χ2v) is 10.3. The van der Waals surface area contributed by atoms with Crippen LogP contribution >= 0.6 is 0 Å². The molecular weight excluding hydrogens is 520 g/mol. The van der Waals surface area contributed by atoms with E-state index in [2.05, 4.69) is 20.7 Å². The van der Waals surface area contributed by atoms with Crippen molar-refractivity contribution >= 4 is 33.4 Å². The lowest BCUT2D eigenvalue weighted by atomic mass is 9.99. The van der Waals surface area contributed by atoms with E-state index in [-0.39, 0.29) is 45.9 Å². The van der Waals surface area contributed by atoms with Crippen molar-refractivity contribution in [2.45, 2.75) is 24.6 Å². The van der Waals surface area contributed by atoms with Crippen LogP contribution in [0.1, 0.15) is 44.5 Å². The van der Waals surface area contributed by atoms with E-state index in [1.807, 2.05) is 6.07 Å². The Balaban J connectivity index is 1.45. The van der Waals surface area contributed by atoms with Gasteiger partial charge in [-0.15, -0.1) is 0 Å². The molecule has 3 aromatic carbocycles. The van der Waals surface area contributed by atoms with E-state index in [9.17, 15) is 14.7 Å². The predicted octanol–water partition coefficient (Wildman–Crippen LogP) is 4.40. The number of halogens is 2. The molecule has 1 atom stereocenters. The van der Waals surface area contributed by atoms with Crippen molar-refractivity contribution in [1.82, 2.24) is 9.78 Å². The predicted molar refractivity (Wildman–Crippen MR) is 140 cm³/mol. The molecule has 1 aromatic heterocycles. The molecule has 2 heterocycles. The Bertz CT molecular complexity index is 1630. The van der Waals surface area contributed by atoms with E-state index in [4.69, 9.17) is 5.26 Å². The number of phenols is 1. The number of fused-ring (bicyclic) bond motifs is 1. The van der Waals surface area contributed by atoms with Crippen molar-refractivity contribution in [3.63, 3.8) is 0 Å². The Morgan fingerprint density at radius 2 is 1.79 bits per heavy atom. The summed E-state index contributed by atoms with van der Waals surface area (Å²) in [7, 11) is 3.63. The molecule has 0 unspecified atom stereocenters. The van der Waals surface area contributed by atoms with E-state index in [1.165, 1.54) is 70.4 Å². The molecule has 2 amide bonds. The fourth-order valence-electron chi connectivity index (χ4n) is 4.53. The first-order valence-electron chi connectivity index (χ1n) is 11.8. The Hall–Kier alpha value is -4.82. The Morgan fingerprint density at radius 3 is 2.46 bits per heavy atom. The zero-order valence-corrected chi connectivity index (χ0v) is 21.5. The molecule has 11 heteroatoms. The van der Waals surface area contributed by atoms with Gasteiger partial charge >= 0.3 is 0 Å². The van der Waals surface area contributed by atoms with Crippen LogP contribution in [0.15, 0.2) is 79.0 Å². The highest BCUT2D eigenvalue weighted by Crippen LogP contribution is 2.38. The van der Waals surface area contributed by atoms with Crippen LogP contribution in [0.25, 0.3) is 0 Å². The Labute approximate surface area is 225 Å². The van der Waals surface area contributed by atoms with Gasteiger partial charge in [0.2, 0.25) is 0 Å². The van der Waals surface area contributed by atoms with Gasteiger partial charge in [-0.2, -0.15) is 19.1 Å². The van der Waals surface area contributed by atoms with Gasteiger partial charge in [0, 0.05) is 27.7 Å². The third-order valence-electron chi connectivity index (χ3n) is 6.44. The van der Waals surface area contributed by atoms with Crippen molar-refractivity contribution < 1.29 is 23.5 Å². The van der Waals surface area contributed by atoms with Gasteiger partial charge in [0.25, 0.3) is 17.7 Å². The molecule has 3 radical (unpaired) electrons. The Kier molecular flexibility index (Phi) is 6.28. The molecule has 0 saturated carbocycles. The Morgan fingerprint density at radius 1 is 1.13 bits per heavy atom. The molecule has 4 aromatic rings. The van der Waals surface area contributed by atoms with Crippen LogP contribution in [0.5, 0.6) is 5.75 Å². The molecular formula is C28H20F2N5O3Si. The minimum absolute atomic E-state index is 0.00835. The minimum Gasteiger partial charge on any atom is -0.507 e. The molecule has 8 nitrogen and oxygen atoms in total. The molecule has 0 aliphatic carbocycles. The van der Waals surface area contributed by atoms with Crippen LogP contribution in [0.4, 0.5) is 20.2 Å². The van der Waals surface area contributed by atoms with Crippen LogP contribution in [-0.2, 0) is 12.5 Å². The topological polar surface area (TPSA) is 111 Å². The van der Waals surface area contributed by atoms with Gasteiger partial charge in [-0.1, -0.05) is 42.5 Å². The normalized spacial score (nSPS) is 16.9. The number of benzene rings is 3. The summed E-state index contributed by atoms with van der Waals surface area (Å²) in [6, 6.07) is 18.7. The van der Waals surface area contributed by atoms with E-state index >= 15 is 8.78 Å². The van der Waals surface area contributed by atoms with Crippen LogP contribution in [0.3, 0.4) is 0 Å². The van der Waals surface area contributed by atoms with Crippen molar-refractivity contribution in [2.24, 2.45) is 0 Å². The summed E-state index contributed by atoms with van der Waals surface area (Å²) < 4.78 is 31.5. The van der Waals surface area contributed by atoms with Crippen molar-refractivity contribution in [3.05, 3.63) is 107 Å². The summed E-state index contributed by atoms with van der Waals surface area (Å²) in [4.78, 5) is 28.2. The van der Waals surface area contributed by atoms with E-state index in [0.29, 0.717) is 5.69 Å². The summed E-state index contributed by atoms with van der Waals surface area (Å²) in [5, 5.41) is 24.7. The number of nitrogens with one attached hydrogen (secondary N) is 1. The zero-order chi connectivity index (χ0) is 27.9. The number of aromatic hydroxyl groups is 1. The average molecular weight is 541 g/mol. The van der Waals surface area contributed by atoms with Gasteiger partial charge in [0.1, 0.15) is 17.5 Å². The quantitative estimate of drug-likeness (QED) is 0.288. The smallest absolute Gasteiger partial charge is 0.298 e. The zero-order valence-electron chi connectivity index (χ0n) is 20.5. The van der Waals surface area contributed by atoms with E-state index in [1.54, 1.807) is 25.1 Å². The van der Waals surface area contributed by atoms with Gasteiger partial charge in [0.05, 0.1) is 34.1 Å². The number of hydrogen-bond donors (Lipinski definition) is 2. The number of nitriles is 1. The number of aromatic nitrogens is 2. The van der Waals surface area contributed by atoms with Crippen molar-refractivity contribution in [1.29, 1.82) is 5.26 Å². The second-order valence-electron chi connectivity index (χ2n) is 9.26. The van der Waals surface area contributed by atoms with Crippen LogP contribution in [0, 0.1) is 11.3 Å². The molecule has 5 rings (SSSR count). The number of phenolic OH excluding ortho intramolecular Hbond substituents is 1. The first kappa shape index (κ1) is 25.8. The lowest BCUT2D eigenvalue weighted by Gasteiger charge is -2.42. The number of hydrogen-bond acceptors (Lipinski definition) is 5. The summed E-state index contributed by atoms with van der Waals surface area (Å²) in [5.41, 5.74) is 0.200. The van der Waals surface area contributed by atoms with Gasteiger partial charge in [-0.05, 0) is 37.3 Å². The van der Waals surface area contributed by atoms with Gasteiger partial charge in [0.15, 0.2) is 0 Å². The van der Waals surface area contributed by atoms with E-state index in [0.717, 1.165) is 0 Å². The number of alkyl halides is 2. The molecule has 1 aliphatic heterocycles. The third-order valence-corrected chi connectivity index (χ3v) is 6.82. The number of nitrogens with zero attached hydrogens (tertiary/aromatic N) is 4. The minimum atomic E-state index is -3.23. The van der Waals surface area contributed by atoms with Gasteiger partial charge in [-0.25, -0.2) is 0 Å². The second kappa shape index (κ2) is 9.49. The molecule has 0 saturated heterocycles. The largest absolute Gasteiger partial charge is 0.507 e. The van der Waals surface area contributed by atoms with Crippen molar-refractivity contribution in [3.8, 4) is 11.8 Å². The molecule has 2 N–H and O–H groups in total. The highest BCUT2D eigenvalue weighted by molar-refractivity contribution is 6.25. The maximum Gasteiger partial charge on any atom is 0.298 e. The van der Waals surface area contributed by atoms with E-state index < -0.39 is 22.9 Å². The molecule has 1 aliphatic rings. The van der Waals surface area contributed by atoms with Crippen molar-refractivity contribution in [2.75, 3.05) is 10.2 Å². The first-order chi connectivity index (χ1) is 18.5. The first-order valence-corrected chi connectivity index (χ1v) is 12.3. The molecule has 0 bridgehead atoms. The van der Waals surface area contributed by atoms with Gasteiger partial charge in [-0.3, -0.25) is 14.3 Å². The maximum absolute atomic E-state index is 15.1. The summed E-state index contributed by atoms with van der Waals surface area (Å²) in [5.74, 6) is -4.66. The maximum atomic E-state index is 15.1. The number of carbonyl (C=O) groups is 2. The highest BCUT2D eigenvalue weighted by atomic mass is 28.1. The number of carbonyl (C=O) groups excluding carboxylic acids is 2. The molecule has 39 heavy (non-hydrogen) atoms. The number of anilines is 2. The molecule has 0 spiro atoms. The fourth-order valence-corrected chi connectivity index (χ4v) is 4.91. The number of rotatable bonds is 5. The standard InChI is InChI=1S/C28H20F2N5O3Si/c1-27(39)16-34-24(22(15-32-34)25(37)33-20-9-12-23(36)17(13-20)14-31)26(38)35(27)21-10-7-19(8-11-21)28(29,30)18-5-3-2-4-6-18/h2-13,15,36H,16H2,1H3,(H,33,37)/t27-/m0/s1. The SMILES string of the molecule is C[C@]1([Si])Cn2ncc(C(=O)Nc3ccc(O)c(C#N)c3)c2C(=O)N1c1ccc(C(F)(F)c2ccccc2)cc1. The molecule has 193 valence electrons. The van der Waals surface area contributed by atoms with Crippen LogP contribution in [-0.4, -0.2) is 42.1 Å². The monoisotopic (exact) mass is 540 g/mol. The van der Waals surface area contributed by atoms with Crippen LogP contribution in [0.2, 0.25) is 0 Å². The highest BCUT2D eigenvalue weighted by Gasteiger charge is 2.43.